The van der Waals surface area contributed by atoms with E-state index in [1.165, 1.54) is 0 Å². The Kier molecular flexibility index (Phi) is 7.68. The van der Waals surface area contributed by atoms with Crippen LogP contribution >= 0.6 is 15.9 Å². The third kappa shape index (κ3) is 5.73. The predicted molar refractivity (Wildman–Crippen MR) is 120 cm³/mol. The van der Waals surface area contributed by atoms with Crippen molar-refractivity contribution in [3.63, 3.8) is 0 Å². The van der Waals surface area contributed by atoms with Crippen molar-refractivity contribution < 1.29 is 19.1 Å². The normalized spacial score (nSPS) is 10.5. The molecule has 30 heavy (non-hydrogen) atoms. The topological polar surface area (TPSA) is 76.7 Å². The highest BCUT2D eigenvalue weighted by atomic mass is 79.9. The fourth-order valence-electron chi connectivity index (χ4n) is 2.76. The minimum absolute atomic E-state index is 0.239. The van der Waals surface area contributed by atoms with E-state index < -0.39 is 11.8 Å². The maximum atomic E-state index is 12.3. The summed E-state index contributed by atoms with van der Waals surface area (Å²) in [5.74, 6) is 0.258. The summed E-state index contributed by atoms with van der Waals surface area (Å²) in [6.45, 7) is 2.44. The zero-order valence-corrected chi connectivity index (χ0v) is 18.2. The summed E-state index contributed by atoms with van der Waals surface area (Å²) >= 11 is 3.52. The quantitative estimate of drug-likeness (QED) is 0.371. The molecule has 0 spiro atoms. The van der Waals surface area contributed by atoms with Gasteiger partial charge in [0.1, 0.15) is 11.5 Å². The van der Waals surface area contributed by atoms with Gasteiger partial charge in [0.2, 0.25) is 0 Å². The first-order valence-electron chi connectivity index (χ1n) is 9.70. The lowest BCUT2D eigenvalue weighted by Crippen LogP contribution is -2.43. The monoisotopic (exact) mass is 470 g/mol. The Morgan fingerprint density at radius 3 is 2.63 bits per heavy atom. The number of rotatable bonds is 8. The van der Waals surface area contributed by atoms with E-state index in [0.717, 1.165) is 28.1 Å². The summed E-state index contributed by atoms with van der Waals surface area (Å²) in [5.41, 5.74) is 5.14. The summed E-state index contributed by atoms with van der Waals surface area (Å²) in [7, 11) is 0. The summed E-state index contributed by atoms with van der Waals surface area (Å²) in [5, 5.41) is 2.05. The zero-order chi connectivity index (χ0) is 21.3. The van der Waals surface area contributed by atoms with Crippen molar-refractivity contribution in [2.45, 2.75) is 19.8 Å². The third-order valence-corrected chi connectivity index (χ3v) is 5.18. The molecule has 3 aromatic rings. The van der Waals surface area contributed by atoms with Crippen molar-refractivity contribution in [2.75, 3.05) is 13.2 Å². The van der Waals surface area contributed by atoms with Gasteiger partial charge in [-0.15, -0.1) is 0 Å². The minimum atomic E-state index is -0.473. The minimum Gasteiger partial charge on any atom is -0.494 e. The van der Waals surface area contributed by atoms with Crippen LogP contribution in [0.5, 0.6) is 11.5 Å². The Labute approximate surface area is 183 Å². The number of amides is 2. The van der Waals surface area contributed by atoms with Crippen molar-refractivity contribution in [3.05, 3.63) is 70.7 Å². The molecule has 0 aliphatic carbocycles. The maximum absolute atomic E-state index is 12.3. The largest absolute Gasteiger partial charge is 0.494 e. The molecular formula is C23H23BrN2O4. The Morgan fingerprint density at radius 2 is 1.80 bits per heavy atom. The van der Waals surface area contributed by atoms with E-state index in [1.54, 1.807) is 30.3 Å². The first-order chi connectivity index (χ1) is 14.6. The molecule has 2 amide bonds. The number of hydrogen-bond acceptors (Lipinski definition) is 4. The van der Waals surface area contributed by atoms with Crippen molar-refractivity contribution in [3.8, 4) is 11.5 Å². The van der Waals surface area contributed by atoms with E-state index in [-0.39, 0.29) is 6.61 Å². The lowest BCUT2D eigenvalue weighted by atomic mass is 10.1. The van der Waals surface area contributed by atoms with Crippen LogP contribution in [0.2, 0.25) is 0 Å². The molecule has 2 N–H and O–H groups in total. The smallest absolute Gasteiger partial charge is 0.276 e. The van der Waals surface area contributed by atoms with E-state index in [0.29, 0.717) is 23.7 Å². The molecule has 0 fully saturated rings. The number of fused-ring (bicyclic) bond motifs is 1. The van der Waals surface area contributed by atoms with Gasteiger partial charge in [0.05, 0.1) is 11.1 Å². The number of ether oxygens (including phenoxy) is 2. The van der Waals surface area contributed by atoms with Crippen molar-refractivity contribution in [1.29, 1.82) is 0 Å². The molecule has 0 saturated carbocycles. The molecule has 0 saturated heterocycles. The van der Waals surface area contributed by atoms with Crippen LogP contribution in [0.3, 0.4) is 0 Å². The summed E-state index contributed by atoms with van der Waals surface area (Å²) in [6.07, 6.45) is 1.98. The molecule has 6 nitrogen and oxygen atoms in total. The lowest BCUT2D eigenvalue weighted by Gasteiger charge is -2.12. The molecule has 0 aliphatic rings. The van der Waals surface area contributed by atoms with Crippen molar-refractivity contribution in [1.82, 2.24) is 10.9 Å². The molecule has 3 aromatic carbocycles. The molecule has 0 bridgehead atoms. The average molecular weight is 471 g/mol. The van der Waals surface area contributed by atoms with Crippen LogP contribution in [0.25, 0.3) is 10.8 Å². The number of hydrazine groups is 1. The standard InChI is InChI=1S/C23H23BrN2O4/c1-2-3-13-29-18-9-6-8-17(14-18)23(28)26-25-21(27)15-30-20-12-11-16-7-4-5-10-19(16)22(20)24/h4-12,14H,2-3,13,15H2,1H3,(H,25,27)(H,26,28). The van der Waals surface area contributed by atoms with Crippen LogP contribution in [-0.2, 0) is 4.79 Å². The first kappa shape index (κ1) is 21.6. The van der Waals surface area contributed by atoms with Gasteiger partial charge in [-0.05, 0) is 57.4 Å². The van der Waals surface area contributed by atoms with Crippen LogP contribution in [0.1, 0.15) is 30.1 Å². The number of carbonyl (C=O) groups is 2. The Hall–Kier alpha value is -3.06. The van der Waals surface area contributed by atoms with E-state index in [9.17, 15) is 9.59 Å². The number of halogens is 1. The second-order valence-corrected chi connectivity index (χ2v) is 7.41. The van der Waals surface area contributed by atoms with Gasteiger partial charge in [-0.25, -0.2) is 0 Å². The highest BCUT2D eigenvalue weighted by Crippen LogP contribution is 2.32. The number of benzene rings is 3. The number of hydrogen-bond donors (Lipinski definition) is 2. The number of nitrogens with one attached hydrogen (secondary N) is 2. The van der Waals surface area contributed by atoms with Gasteiger partial charge in [-0.1, -0.05) is 49.7 Å². The van der Waals surface area contributed by atoms with E-state index in [4.69, 9.17) is 9.47 Å². The number of carbonyl (C=O) groups excluding carboxylic acids is 2. The van der Waals surface area contributed by atoms with Gasteiger partial charge in [-0.2, -0.15) is 0 Å². The molecule has 0 atom stereocenters. The Bertz CT molecular complexity index is 1040. The van der Waals surface area contributed by atoms with Gasteiger partial charge in [0.15, 0.2) is 6.61 Å². The van der Waals surface area contributed by atoms with Crippen LogP contribution in [0, 0.1) is 0 Å². The van der Waals surface area contributed by atoms with E-state index >= 15 is 0 Å². The lowest BCUT2D eigenvalue weighted by molar-refractivity contribution is -0.123. The maximum Gasteiger partial charge on any atom is 0.276 e. The summed E-state index contributed by atoms with van der Waals surface area (Å²) < 4.78 is 12.0. The molecule has 0 unspecified atom stereocenters. The fraction of sp³-hybridized carbons (Fsp3) is 0.217. The summed E-state index contributed by atoms with van der Waals surface area (Å²) in [6, 6.07) is 18.4. The molecule has 0 aromatic heterocycles. The molecule has 156 valence electrons. The molecular weight excluding hydrogens is 448 g/mol. The van der Waals surface area contributed by atoms with E-state index in [2.05, 4.69) is 33.7 Å². The van der Waals surface area contributed by atoms with Crippen molar-refractivity contribution >= 4 is 38.5 Å². The fourth-order valence-corrected chi connectivity index (χ4v) is 3.37. The van der Waals surface area contributed by atoms with Crippen LogP contribution < -0.4 is 20.3 Å². The predicted octanol–water partition coefficient (Wildman–Crippen LogP) is 4.62. The molecule has 3 rings (SSSR count). The van der Waals surface area contributed by atoms with Gasteiger partial charge in [0.25, 0.3) is 11.8 Å². The molecule has 7 heteroatoms. The highest BCUT2D eigenvalue weighted by molar-refractivity contribution is 9.10. The second kappa shape index (κ2) is 10.6. The SMILES string of the molecule is CCCCOc1cccc(C(=O)NNC(=O)COc2ccc3ccccc3c2Br)c1. The molecule has 0 aliphatic heterocycles. The van der Waals surface area contributed by atoms with Gasteiger partial charge in [0, 0.05) is 5.56 Å². The Balaban J connectivity index is 1.51. The zero-order valence-electron chi connectivity index (χ0n) is 16.6. The molecule has 0 heterocycles. The Morgan fingerprint density at radius 1 is 0.967 bits per heavy atom. The highest BCUT2D eigenvalue weighted by Gasteiger charge is 2.11. The van der Waals surface area contributed by atoms with Crippen LogP contribution in [-0.4, -0.2) is 25.0 Å². The third-order valence-electron chi connectivity index (χ3n) is 4.36. The van der Waals surface area contributed by atoms with Crippen LogP contribution in [0.15, 0.2) is 65.1 Å². The average Bonchev–Trinajstić information content (AvgIpc) is 2.77. The number of unbranched alkanes of at least 4 members (excludes halogenated alkanes) is 1. The van der Waals surface area contributed by atoms with E-state index in [1.807, 2.05) is 30.3 Å². The van der Waals surface area contributed by atoms with Crippen molar-refractivity contribution in [2.24, 2.45) is 0 Å². The van der Waals surface area contributed by atoms with Crippen LogP contribution in [0.4, 0.5) is 0 Å². The second-order valence-electron chi connectivity index (χ2n) is 6.62. The summed E-state index contributed by atoms with van der Waals surface area (Å²) in [4.78, 5) is 24.4. The van der Waals surface area contributed by atoms with Gasteiger partial charge in [-0.3, -0.25) is 20.4 Å². The first-order valence-corrected chi connectivity index (χ1v) is 10.5. The van der Waals surface area contributed by atoms with Gasteiger partial charge < -0.3 is 9.47 Å². The molecule has 0 radical (unpaired) electrons. The van der Waals surface area contributed by atoms with Gasteiger partial charge >= 0.3 is 0 Å².